The fraction of sp³-hybridized carbons (Fsp3) is 0.833. The summed E-state index contributed by atoms with van der Waals surface area (Å²) in [7, 11) is 1.29. The summed E-state index contributed by atoms with van der Waals surface area (Å²) < 4.78 is 9.83. The predicted octanol–water partition coefficient (Wildman–Crippen LogP) is 1.36. The lowest BCUT2D eigenvalue weighted by Gasteiger charge is -2.28. The van der Waals surface area contributed by atoms with Gasteiger partial charge >= 0.3 is 6.09 Å². The van der Waals surface area contributed by atoms with Crippen LogP contribution in [0.2, 0.25) is 0 Å². The molecule has 0 radical (unpaired) electrons. The van der Waals surface area contributed by atoms with Crippen molar-refractivity contribution < 1.29 is 19.1 Å². The molecule has 17 heavy (non-hydrogen) atoms. The van der Waals surface area contributed by atoms with Crippen LogP contribution < -0.4 is 5.32 Å². The van der Waals surface area contributed by atoms with Crippen molar-refractivity contribution >= 4 is 11.9 Å². The van der Waals surface area contributed by atoms with E-state index in [0.717, 1.165) is 6.42 Å². The molecule has 1 unspecified atom stereocenters. The van der Waals surface area contributed by atoms with Gasteiger partial charge in [-0.25, -0.2) is 4.79 Å². The van der Waals surface area contributed by atoms with Crippen molar-refractivity contribution in [2.75, 3.05) is 20.3 Å². The van der Waals surface area contributed by atoms with E-state index in [0.29, 0.717) is 13.2 Å². The van der Waals surface area contributed by atoms with Crippen molar-refractivity contribution in [3.05, 3.63) is 0 Å². The largest absolute Gasteiger partial charge is 0.453 e. The molecule has 5 nitrogen and oxygen atoms in total. The summed E-state index contributed by atoms with van der Waals surface area (Å²) >= 11 is 0. The van der Waals surface area contributed by atoms with Crippen LogP contribution >= 0.6 is 0 Å². The lowest BCUT2D eigenvalue weighted by molar-refractivity contribution is -0.129. The topological polar surface area (TPSA) is 64.6 Å². The predicted molar refractivity (Wildman–Crippen MR) is 62.7 cm³/mol. The average Bonchev–Trinajstić information content (AvgIpc) is 2.76. The number of hydrogen-bond acceptors (Lipinski definition) is 4. The summed E-state index contributed by atoms with van der Waals surface area (Å²) in [5.41, 5.74) is -0.492. The zero-order valence-corrected chi connectivity index (χ0v) is 10.9. The van der Waals surface area contributed by atoms with Crippen LogP contribution in [0.4, 0.5) is 4.79 Å². The molecule has 1 rings (SSSR count). The molecule has 1 N–H and O–H groups in total. The molecule has 1 aliphatic rings. The van der Waals surface area contributed by atoms with Gasteiger partial charge in [0, 0.05) is 17.9 Å². The highest BCUT2D eigenvalue weighted by Gasteiger charge is 2.38. The van der Waals surface area contributed by atoms with Crippen LogP contribution in [0.1, 0.15) is 27.2 Å². The molecule has 0 aromatic carbocycles. The van der Waals surface area contributed by atoms with Gasteiger partial charge in [-0.05, 0) is 6.42 Å². The third-order valence-corrected chi connectivity index (χ3v) is 2.92. The molecule has 0 bridgehead atoms. The standard InChI is InChI=1S/C12H21NO4/c1-12(2,3)10(14)9(13-11(15)16-4)8-5-6-17-7-8/h8-9H,5-7H2,1-4H3,(H,13,15)/t8?,9-/m0/s1. The smallest absolute Gasteiger partial charge is 0.407 e. The van der Waals surface area contributed by atoms with Gasteiger partial charge in [-0.1, -0.05) is 20.8 Å². The molecule has 2 atom stereocenters. The minimum atomic E-state index is -0.570. The van der Waals surface area contributed by atoms with Crippen LogP contribution in [0.3, 0.4) is 0 Å². The quantitative estimate of drug-likeness (QED) is 0.813. The molecule has 5 heteroatoms. The Labute approximate surface area is 102 Å². The first-order chi connectivity index (χ1) is 7.86. The second-order valence-corrected chi connectivity index (χ2v) is 5.35. The highest BCUT2D eigenvalue weighted by Crippen LogP contribution is 2.25. The average molecular weight is 243 g/mol. The van der Waals surface area contributed by atoms with Crippen molar-refractivity contribution in [1.29, 1.82) is 0 Å². The Morgan fingerprint density at radius 2 is 2.06 bits per heavy atom. The first kappa shape index (κ1) is 14.0. The molecule has 1 saturated heterocycles. The number of rotatable bonds is 3. The normalized spacial score (nSPS) is 22.0. The Morgan fingerprint density at radius 1 is 1.41 bits per heavy atom. The second-order valence-electron chi connectivity index (χ2n) is 5.35. The number of carbonyl (C=O) groups excluding carboxylic acids is 2. The van der Waals surface area contributed by atoms with Gasteiger partial charge in [-0.3, -0.25) is 4.79 Å². The number of nitrogens with one attached hydrogen (secondary N) is 1. The highest BCUT2D eigenvalue weighted by atomic mass is 16.5. The Bertz CT molecular complexity index is 289. The summed E-state index contributed by atoms with van der Waals surface area (Å²) in [5.74, 6) is 0.0548. The lowest BCUT2D eigenvalue weighted by Crippen LogP contribution is -2.50. The Balaban J connectivity index is 2.78. The van der Waals surface area contributed by atoms with E-state index in [1.165, 1.54) is 7.11 Å². The molecule has 98 valence electrons. The van der Waals surface area contributed by atoms with Gasteiger partial charge in [0.1, 0.15) is 0 Å². The number of amides is 1. The molecular formula is C12H21NO4. The van der Waals surface area contributed by atoms with Crippen molar-refractivity contribution in [3.63, 3.8) is 0 Å². The van der Waals surface area contributed by atoms with Crippen LogP contribution in [0.25, 0.3) is 0 Å². The number of ether oxygens (including phenoxy) is 2. The number of hydrogen-bond donors (Lipinski definition) is 1. The fourth-order valence-electron chi connectivity index (χ4n) is 1.87. The minimum absolute atomic E-state index is 0.0124. The summed E-state index contributed by atoms with van der Waals surface area (Å²) in [6.07, 6.45) is 0.218. The van der Waals surface area contributed by atoms with Crippen molar-refractivity contribution in [3.8, 4) is 0 Å². The summed E-state index contributed by atoms with van der Waals surface area (Å²) in [6, 6.07) is -0.523. The highest BCUT2D eigenvalue weighted by molar-refractivity contribution is 5.91. The van der Waals surface area contributed by atoms with E-state index in [4.69, 9.17) is 4.74 Å². The molecule has 1 aliphatic heterocycles. The van der Waals surface area contributed by atoms with E-state index < -0.39 is 17.6 Å². The van der Waals surface area contributed by atoms with Gasteiger partial charge in [-0.15, -0.1) is 0 Å². The van der Waals surface area contributed by atoms with E-state index in [-0.39, 0.29) is 11.7 Å². The number of alkyl carbamates (subject to hydrolysis) is 1. The van der Waals surface area contributed by atoms with E-state index in [2.05, 4.69) is 10.1 Å². The van der Waals surface area contributed by atoms with Gasteiger partial charge in [0.05, 0.1) is 19.8 Å². The molecule has 0 aromatic heterocycles. The lowest BCUT2D eigenvalue weighted by atomic mass is 9.81. The Kier molecular flexibility index (Phi) is 4.51. The van der Waals surface area contributed by atoms with E-state index in [1.807, 2.05) is 20.8 Å². The fourth-order valence-corrected chi connectivity index (χ4v) is 1.87. The molecule has 0 aliphatic carbocycles. The van der Waals surface area contributed by atoms with Crippen LogP contribution in [-0.2, 0) is 14.3 Å². The molecule has 0 aromatic rings. The maximum absolute atomic E-state index is 12.3. The van der Waals surface area contributed by atoms with E-state index >= 15 is 0 Å². The number of methoxy groups -OCH3 is 1. The summed E-state index contributed by atoms with van der Waals surface area (Å²) in [6.45, 7) is 6.68. The molecule has 0 saturated carbocycles. The van der Waals surface area contributed by atoms with Crippen LogP contribution in [-0.4, -0.2) is 38.2 Å². The van der Waals surface area contributed by atoms with Crippen LogP contribution in [0.15, 0.2) is 0 Å². The van der Waals surface area contributed by atoms with E-state index in [9.17, 15) is 9.59 Å². The first-order valence-electron chi connectivity index (χ1n) is 5.83. The SMILES string of the molecule is COC(=O)N[C@H](C(=O)C(C)(C)C)C1CCOC1. The van der Waals surface area contributed by atoms with Crippen molar-refractivity contribution in [1.82, 2.24) is 5.32 Å². The maximum atomic E-state index is 12.3. The van der Waals surface area contributed by atoms with Gasteiger partial charge in [0.25, 0.3) is 0 Å². The zero-order valence-electron chi connectivity index (χ0n) is 10.9. The summed E-state index contributed by atoms with van der Waals surface area (Å²) in [5, 5.41) is 2.62. The molecule has 1 fully saturated rings. The van der Waals surface area contributed by atoms with Crippen molar-refractivity contribution in [2.45, 2.75) is 33.2 Å². The monoisotopic (exact) mass is 243 g/mol. The van der Waals surface area contributed by atoms with Crippen LogP contribution in [0, 0.1) is 11.3 Å². The molecule has 1 amide bonds. The number of Topliss-reactive ketones (excluding diaryl/α,β-unsaturated/α-hetero) is 1. The molecule has 0 spiro atoms. The number of carbonyl (C=O) groups is 2. The Hall–Kier alpha value is -1.10. The minimum Gasteiger partial charge on any atom is -0.453 e. The van der Waals surface area contributed by atoms with Gasteiger partial charge in [0.15, 0.2) is 5.78 Å². The summed E-state index contributed by atoms with van der Waals surface area (Å²) in [4.78, 5) is 23.6. The zero-order chi connectivity index (χ0) is 13.1. The third-order valence-electron chi connectivity index (χ3n) is 2.92. The molecular weight excluding hydrogens is 222 g/mol. The Morgan fingerprint density at radius 3 is 2.47 bits per heavy atom. The van der Waals surface area contributed by atoms with E-state index in [1.54, 1.807) is 0 Å². The first-order valence-corrected chi connectivity index (χ1v) is 5.83. The third kappa shape index (κ3) is 3.70. The maximum Gasteiger partial charge on any atom is 0.407 e. The van der Waals surface area contributed by atoms with Crippen molar-refractivity contribution in [2.24, 2.45) is 11.3 Å². The number of ketones is 1. The second kappa shape index (κ2) is 5.49. The molecule has 1 heterocycles. The van der Waals surface area contributed by atoms with Gasteiger partial charge in [0.2, 0.25) is 0 Å². The van der Waals surface area contributed by atoms with Crippen LogP contribution in [0.5, 0.6) is 0 Å². The van der Waals surface area contributed by atoms with Gasteiger partial charge in [-0.2, -0.15) is 0 Å². The van der Waals surface area contributed by atoms with Gasteiger partial charge < -0.3 is 14.8 Å².